The van der Waals surface area contributed by atoms with E-state index in [2.05, 4.69) is 4.99 Å². The van der Waals surface area contributed by atoms with E-state index in [-0.39, 0.29) is 5.91 Å². The summed E-state index contributed by atoms with van der Waals surface area (Å²) in [6, 6.07) is 15.9. The first-order chi connectivity index (χ1) is 9.70. The predicted octanol–water partition coefficient (Wildman–Crippen LogP) is 3.96. The molecule has 0 N–H and O–H groups in total. The zero-order valence-electron chi connectivity index (χ0n) is 11.0. The molecule has 0 radical (unpaired) electrons. The molecule has 0 aliphatic heterocycles. The highest BCUT2D eigenvalue weighted by Gasteiger charge is 2.09. The van der Waals surface area contributed by atoms with Crippen LogP contribution in [0, 0.1) is 0 Å². The van der Waals surface area contributed by atoms with Gasteiger partial charge in [-0.15, -0.1) is 0 Å². The number of amides is 1. The summed E-state index contributed by atoms with van der Waals surface area (Å²) in [7, 11) is 0. The number of carbonyl (C=O) groups is 1. The maximum Gasteiger partial charge on any atom is 0.280 e. The maximum atomic E-state index is 12.1. The Morgan fingerprint density at radius 3 is 2.30 bits per heavy atom. The van der Waals surface area contributed by atoms with E-state index in [0.29, 0.717) is 23.1 Å². The highest BCUT2D eigenvalue weighted by atomic mass is 35.5. The summed E-state index contributed by atoms with van der Waals surface area (Å²) in [6.07, 6.45) is 0. The van der Waals surface area contributed by atoms with Gasteiger partial charge in [-0.2, -0.15) is 4.99 Å². The van der Waals surface area contributed by atoms with E-state index in [0.717, 1.165) is 5.56 Å². The van der Waals surface area contributed by atoms with Crippen molar-refractivity contribution in [2.75, 3.05) is 6.61 Å². The largest absolute Gasteiger partial charge is 0.477 e. The molecule has 20 heavy (non-hydrogen) atoms. The molecule has 0 aliphatic carbocycles. The Morgan fingerprint density at radius 2 is 1.70 bits per heavy atom. The van der Waals surface area contributed by atoms with E-state index in [1.807, 2.05) is 13.0 Å². The molecule has 0 saturated heterocycles. The van der Waals surface area contributed by atoms with E-state index < -0.39 is 0 Å². The van der Waals surface area contributed by atoms with Crippen molar-refractivity contribution in [3.05, 3.63) is 70.7 Å². The fourth-order valence-corrected chi connectivity index (χ4v) is 1.77. The van der Waals surface area contributed by atoms with Crippen molar-refractivity contribution in [2.24, 2.45) is 4.99 Å². The lowest BCUT2D eigenvalue weighted by molar-refractivity contribution is 0.0999. The molecule has 0 aromatic heterocycles. The van der Waals surface area contributed by atoms with Gasteiger partial charge in [0.25, 0.3) is 5.91 Å². The van der Waals surface area contributed by atoms with E-state index in [9.17, 15) is 4.79 Å². The highest BCUT2D eigenvalue weighted by Crippen LogP contribution is 2.12. The molecule has 3 nitrogen and oxygen atoms in total. The molecule has 0 spiro atoms. The minimum absolute atomic E-state index is 0.304. The van der Waals surface area contributed by atoms with Gasteiger partial charge in [-0.25, -0.2) is 0 Å². The quantitative estimate of drug-likeness (QED) is 0.633. The molecule has 0 heterocycles. The number of benzene rings is 2. The van der Waals surface area contributed by atoms with E-state index in [4.69, 9.17) is 16.3 Å². The van der Waals surface area contributed by atoms with Crippen LogP contribution in [0.15, 0.2) is 59.6 Å². The monoisotopic (exact) mass is 287 g/mol. The van der Waals surface area contributed by atoms with Crippen molar-refractivity contribution in [2.45, 2.75) is 6.92 Å². The molecule has 2 rings (SSSR count). The van der Waals surface area contributed by atoms with Gasteiger partial charge in [0.05, 0.1) is 6.61 Å². The van der Waals surface area contributed by atoms with Crippen LogP contribution in [-0.2, 0) is 4.74 Å². The molecule has 2 aromatic rings. The Bertz CT molecular complexity index is 606. The lowest BCUT2D eigenvalue weighted by atomic mass is 10.2. The van der Waals surface area contributed by atoms with Gasteiger partial charge < -0.3 is 4.74 Å². The number of hydrogen-bond donors (Lipinski definition) is 0. The summed E-state index contributed by atoms with van der Waals surface area (Å²) >= 11 is 5.85. The fraction of sp³-hybridized carbons (Fsp3) is 0.125. The van der Waals surface area contributed by atoms with Gasteiger partial charge in [-0.05, 0) is 43.3 Å². The number of nitrogens with zero attached hydrogens (tertiary/aromatic N) is 1. The predicted molar refractivity (Wildman–Crippen MR) is 80.4 cm³/mol. The first-order valence-corrected chi connectivity index (χ1v) is 6.65. The van der Waals surface area contributed by atoms with Crippen molar-refractivity contribution in [1.29, 1.82) is 0 Å². The van der Waals surface area contributed by atoms with Crippen LogP contribution in [0.25, 0.3) is 0 Å². The third-order valence-corrected chi connectivity index (χ3v) is 2.85. The van der Waals surface area contributed by atoms with Gasteiger partial charge in [-0.1, -0.05) is 29.8 Å². The SMILES string of the molecule is CCOC(=NC(=O)c1ccccc1)c1ccc(Cl)cc1. The summed E-state index contributed by atoms with van der Waals surface area (Å²) < 4.78 is 5.45. The van der Waals surface area contributed by atoms with Crippen LogP contribution in [0.2, 0.25) is 5.02 Å². The third-order valence-electron chi connectivity index (χ3n) is 2.60. The molecule has 0 aliphatic rings. The smallest absolute Gasteiger partial charge is 0.280 e. The average Bonchev–Trinajstić information content (AvgIpc) is 2.48. The highest BCUT2D eigenvalue weighted by molar-refractivity contribution is 6.30. The Hall–Kier alpha value is -2.13. The van der Waals surface area contributed by atoms with Gasteiger partial charge in [0.2, 0.25) is 5.90 Å². The number of halogens is 1. The normalized spacial score (nSPS) is 11.2. The van der Waals surface area contributed by atoms with E-state index in [1.54, 1.807) is 48.5 Å². The zero-order chi connectivity index (χ0) is 14.4. The number of aliphatic imine (C=N–C) groups is 1. The molecule has 0 saturated carbocycles. The fourth-order valence-electron chi connectivity index (χ4n) is 1.65. The van der Waals surface area contributed by atoms with E-state index in [1.165, 1.54) is 0 Å². The molecule has 102 valence electrons. The Kier molecular flexibility index (Phi) is 4.91. The summed E-state index contributed by atoms with van der Waals surface area (Å²) in [5.41, 5.74) is 1.25. The van der Waals surface area contributed by atoms with Gasteiger partial charge in [-0.3, -0.25) is 4.79 Å². The summed E-state index contributed by atoms with van der Waals surface area (Å²) in [6.45, 7) is 2.28. The second kappa shape index (κ2) is 6.87. The van der Waals surface area contributed by atoms with Crippen molar-refractivity contribution < 1.29 is 9.53 Å². The van der Waals surface area contributed by atoms with Crippen molar-refractivity contribution in [1.82, 2.24) is 0 Å². The van der Waals surface area contributed by atoms with Crippen molar-refractivity contribution in [3.63, 3.8) is 0 Å². The molecular weight excluding hydrogens is 274 g/mol. The van der Waals surface area contributed by atoms with Crippen LogP contribution in [0.4, 0.5) is 0 Å². The molecule has 0 atom stereocenters. The standard InChI is InChI=1S/C16H14ClNO2/c1-2-20-16(13-8-10-14(17)11-9-13)18-15(19)12-6-4-3-5-7-12/h3-11H,2H2,1H3. The zero-order valence-corrected chi connectivity index (χ0v) is 11.8. The minimum atomic E-state index is -0.330. The van der Waals surface area contributed by atoms with Crippen LogP contribution in [0.3, 0.4) is 0 Å². The number of carbonyl (C=O) groups excluding carboxylic acids is 1. The molecule has 0 unspecified atom stereocenters. The summed E-state index contributed by atoms with van der Waals surface area (Å²) in [5, 5.41) is 0.624. The van der Waals surface area contributed by atoms with Crippen LogP contribution in [0.1, 0.15) is 22.8 Å². The van der Waals surface area contributed by atoms with Gasteiger partial charge in [0.15, 0.2) is 0 Å². The lowest BCUT2D eigenvalue weighted by Crippen LogP contribution is -2.10. The molecule has 2 aromatic carbocycles. The second-order valence-electron chi connectivity index (χ2n) is 4.03. The van der Waals surface area contributed by atoms with Crippen LogP contribution < -0.4 is 0 Å². The molecule has 4 heteroatoms. The number of ether oxygens (including phenoxy) is 1. The van der Waals surface area contributed by atoms with Crippen molar-refractivity contribution in [3.8, 4) is 0 Å². The lowest BCUT2D eigenvalue weighted by Gasteiger charge is -2.07. The topological polar surface area (TPSA) is 38.7 Å². The Morgan fingerprint density at radius 1 is 1.05 bits per heavy atom. The first-order valence-electron chi connectivity index (χ1n) is 6.27. The van der Waals surface area contributed by atoms with Crippen LogP contribution in [-0.4, -0.2) is 18.4 Å². The Labute approximate surface area is 122 Å². The summed E-state index contributed by atoms with van der Waals surface area (Å²) in [4.78, 5) is 16.1. The van der Waals surface area contributed by atoms with Crippen LogP contribution >= 0.6 is 11.6 Å². The van der Waals surface area contributed by atoms with Gasteiger partial charge >= 0.3 is 0 Å². The van der Waals surface area contributed by atoms with Gasteiger partial charge in [0, 0.05) is 16.1 Å². The third kappa shape index (κ3) is 3.68. The first kappa shape index (κ1) is 14.3. The van der Waals surface area contributed by atoms with E-state index >= 15 is 0 Å². The number of rotatable bonds is 3. The minimum Gasteiger partial charge on any atom is -0.477 e. The van der Waals surface area contributed by atoms with Crippen molar-refractivity contribution >= 4 is 23.4 Å². The second-order valence-corrected chi connectivity index (χ2v) is 4.46. The average molecular weight is 288 g/mol. The molecular formula is C16H14ClNO2. The van der Waals surface area contributed by atoms with Crippen LogP contribution in [0.5, 0.6) is 0 Å². The molecule has 0 fully saturated rings. The Balaban J connectivity index is 2.30. The van der Waals surface area contributed by atoms with Gasteiger partial charge in [0.1, 0.15) is 0 Å². The molecule has 1 amide bonds. The number of hydrogen-bond acceptors (Lipinski definition) is 2. The molecule has 0 bridgehead atoms. The maximum absolute atomic E-state index is 12.1. The summed E-state index contributed by atoms with van der Waals surface area (Å²) in [5.74, 6) is -0.0259.